The minimum absolute atomic E-state index is 0.798. The minimum Gasteiger partial charge on any atom is -0.0622 e. The molecule has 0 unspecified atom stereocenters. The van der Waals surface area contributed by atoms with Crippen molar-refractivity contribution >= 4 is 63.1 Å². The van der Waals surface area contributed by atoms with Gasteiger partial charge in [-0.3, -0.25) is 0 Å². The molecule has 0 heterocycles. The van der Waals surface area contributed by atoms with Crippen molar-refractivity contribution in [2.75, 3.05) is 0 Å². The molecule has 0 bridgehead atoms. The Balaban J connectivity index is 1.65. The van der Waals surface area contributed by atoms with Gasteiger partial charge in [-0.05, 0) is 71.7 Å². The van der Waals surface area contributed by atoms with Crippen LogP contribution in [0, 0.1) is 0 Å². The molecular formula is C40H31P2+. The molecule has 7 aromatic rings. The summed E-state index contributed by atoms with van der Waals surface area (Å²) in [5.41, 5.74) is 0. The lowest BCUT2D eigenvalue weighted by molar-refractivity contribution is 1.72. The van der Waals surface area contributed by atoms with E-state index in [9.17, 15) is 0 Å². The molecule has 200 valence electrons. The lowest BCUT2D eigenvalue weighted by Gasteiger charge is -2.30. The van der Waals surface area contributed by atoms with E-state index in [-0.39, 0.29) is 0 Å². The van der Waals surface area contributed by atoms with Gasteiger partial charge in [0.1, 0.15) is 28.5 Å². The van der Waals surface area contributed by atoms with Crippen LogP contribution in [0.4, 0.5) is 0 Å². The molecule has 0 radical (unpaired) electrons. The molecule has 0 saturated carbocycles. The first-order valence-electron chi connectivity index (χ1n) is 14.4. The van der Waals surface area contributed by atoms with E-state index >= 15 is 0 Å². The molecule has 42 heavy (non-hydrogen) atoms. The van der Waals surface area contributed by atoms with Crippen molar-refractivity contribution in [1.82, 2.24) is 0 Å². The quantitative estimate of drug-likeness (QED) is 0.177. The summed E-state index contributed by atoms with van der Waals surface area (Å²) in [5.74, 6) is 0. The van der Waals surface area contributed by atoms with Gasteiger partial charge in [0, 0.05) is 5.39 Å². The highest BCUT2D eigenvalue weighted by Gasteiger charge is 2.49. The van der Waals surface area contributed by atoms with Crippen LogP contribution in [-0.2, 0) is 0 Å². The fourth-order valence-corrected chi connectivity index (χ4v) is 13.2. The molecule has 7 aromatic carbocycles. The van der Waals surface area contributed by atoms with Crippen LogP contribution in [0.5, 0.6) is 0 Å². The van der Waals surface area contributed by atoms with Crippen molar-refractivity contribution in [1.29, 1.82) is 0 Å². The largest absolute Gasteiger partial charge is 0.144 e. The molecule has 0 aliphatic carbocycles. The first-order valence-corrected chi connectivity index (χ1v) is 17.5. The molecule has 7 rings (SSSR count). The van der Waals surface area contributed by atoms with Gasteiger partial charge in [0.05, 0.1) is 0 Å². The van der Waals surface area contributed by atoms with Crippen LogP contribution in [0.3, 0.4) is 0 Å². The Labute approximate surface area is 250 Å². The van der Waals surface area contributed by atoms with Crippen LogP contribution < -0.4 is 37.1 Å². The zero-order chi connectivity index (χ0) is 28.2. The molecule has 0 aromatic heterocycles. The SMILES string of the molecule is c1ccc(P(c2ccccc2)c2cccc3cccc([P+](c4ccccc4)(c4ccccc4)c4ccccc4)c23)cc1. The fraction of sp³-hybridized carbons (Fsp3) is 0. The minimum atomic E-state index is -2.29. The standard InChI is InChI=1S/C40H31P2/c1-6-20-33(21-7-1)41(34-22-8-2-9-23-34)38-30-16-18-32-19-17-31-39(40(32)38)42(35-24-10-3-11-25-35,36-26-12-4-13-27-36)37-28-14-5-15-29-37/h1-31H/q+1. The van der Waals surface area contributed by atoms with Gasteiger partial charge >= 0.3 is 0 Å². The summed E-state index contributed by atoms with van der Waals surface area (Å²) in [7, 11) is -3.09. The van der Waals surface area contributed by atoms with Crippen molar-refractivity contribution in [3.8, 4) is 0 Å². The van der Waals surface area contributed by atoms with Crippen LogP contribution in [0.15, 0.2) is 188 Å². The summed E-state index contributed by atoms with van der Waals surface area (Å²) in [4.78, 5) is 0. The number of benzene rings is 7. The predicted octanol–water partition coefficient (Wildman–Crippen LogP) is 7.22. The first-order chi connectivity index (χ1) is 20.9. The second kappa shape index (κ2) is 11.9. The molecule has 0 fully saturated rings. The Kier molecular flexibility index (Phi) is 7.51. The summed E-state index contributed by atoms with van der Waals surface area (Å²) in [6.07, 6.45) is 0. The van der Waals surface area contributed by atoms with Gasteiger partial charge in [0.25, 0.3) is 0 Å². The van der Waals surface area contributed by atoms with Crippen molar-refractivity contribution < 1.29 is 0 Å². The molecule has 0 N–H and O–H groups in total. The Bertz CT molecular complexity index is 1760. The van der Waals surface area contributed by atoms with Crippen LogP contribution in [0.25, 0.3) is 10.8 Å². The van der Waals surface area contributed by atoms with E-state index in [1.165, 1.54) is 47.9 Å². The summed E-state index contributed by atoms with van der Waals surface area (Å²) in [6.45, 7) is 0. The van der Waals surface area contributed by atoms with E-state index in [1.54, 1.807) is 0 Å². The van der Waals surface area contributed by atoms with Crippen LogP contribution in [0.1, 0.15) is 0 Å². The smallest absolute Gasteiger partial charge is 0.0622 e. The van der Waals surface area contributed by atoms with Gasteiger partial charge in [0.15, 0.2) is 0 Å². The predicted molar refractivity (Wildman–Crippen MR) is 187 cm³/mol. The molecular weight excluding hydrogens is 542 g/mol. The lowest BCUT2D eigenvalue weighted by Crippen LogP contribution is -2.40. The third-order valence-electron chi connectivity index (χ3n) is 7.92. The zero-order valence-corrected chi connectivity index (χ0v) is 25.1. The molecule has 0 amide bonds. The third kappa shape index (κ3) is 4.68. The van der Waals surface area contributed by atoms with Crippen molar-refractivity contribution in [2.24, 2.45) is 0 Å². The normalized spacial score (nSPS) is 11.5. The lowest BCUT2D eigenvalue weighted by atomic mass is 10.1. The Hall–Kier alpha value is -4.34. The molecule has 0 aliphatic heterocycles. The summed E-state index contributed by atoms with van der Waals surface area (Å²) >= 11 is 0. The van der Waals surface area contributed by atoms with E-state index in [0.717, 1.165) is 0 Å². The molecule has 0 atom stereocenters. The van der Waals surface area contributed by atoms with E-state index in [0.29, 0.717) is 0 Å². The van der Waals surface area contributed by atoms with Gasteiger partial charge in [0.2, 0.25) is 0 Å². The van der Waals surface area contributed by atoms with Crippen molar-refractivity contribution in [2.45, 2.75) is 0 Å². The topological polar surface area (TPSA) is 0 Å². The molecule has 0 spiro atoms. The molecule has 0 nitrogen and oxygen atoms in total. The van der Waals surface area contributed by atoms with Gasteiger partial charge in [-0.15, -0.1) is 0 Å². The van der Waals surface area contributed by atoms with E-state index < -0.39 is 15.2 Å². The number of rotatable bonds is 7. The number of fused-ring (bicyclic) bond motifs is 1. The maximum atomic E-state index is 2.41. The second-order valence-electron chi connectivity index (χ2n) is 10.3. The monoisotopic (exact) mass is 573 g/mol. The van der Waals surface area contributed by atoms with Gasteiger partial charge < -0.3 is 0 Å². The summed E-state index contributed by atoms with van der Waals surface area (Å²) < 4.78 is 0. The van der Waals surface area contributed by atoms with Crippen LogP contribution in [0.2, 0.25) is 0 Å². The third-order valence-corrected chi connectivity index (χ3v) is 14.7. The summed E-state index contributed by atoms with van der Waals surface area (Å²) in [6, 6.07) is 69.6. The summed E-state index contributed by atoms with van der Waals surface area (Å²) in [5, 5.41) is 12.3. The highest BCUT2D eigenvalue weighted by atomic mass is 31.2. The Morgan fingerprint density at radius 3 is 1.14 bits per heavy atom. The maximum Gasteiger partial charge on any atom is 0.144 e. The highest BCUT2D eigenvalue weighted by Crippen LogP contribution is 2.56. The molecule has 0 saturated heterocycles. The van der Waals surface area contributed by atoms with Crippen molar-refractivity contribution in [3.05, 3.63) is 188 Å². The van der Waals surface area contributed by atoms with E-state index in [2.05, 4.69) is 188 Å². The van der Waals surface area contributed by atoms with Crippen molar-refractivity contribution in [3.63, 3.8) is 0 Å². The highest BCUT2D eigenvalue weighted by molar-refractivity contribution is 8.02. The van der Waals surface area contributed by atoms with Crippen LogP contribution in [-0.4, -0.2) is 0 Å². The van der Waals surface area contributed by atoms with Crippen LogP contribution >= 0.6 is 15.2 Å². The first kappa shape index (κ1) is 26.6. The Morgan fingerprint density at radius 1 is 0.333 bits per heavy atom. The Morgan fingerprint density at radius 2 is 0.714 bits per heavy atom. The average Bonchev–Trinajstić information content (AvgIpc) is 3.08. The van der Waals surface area contributed by atoms with Gasteiger partial charge in [-0.25, -0.2) is 0 Å². The average molecular weight is 574 g/mol. The fourth-order valence-electron chi connectivity index (χ4n) is 6.17. The van der Waals surface area contributed by atoms with Gasteiger partial charge in [-0.2, -0.15) is 0 Å². The van der Waals surface area contributed by atoms with Gasteiger partial charge in [-0.1, -0.05) is 146 Å². The second-order valence-corrected chi connectivity index (χ2v) is 15.9. The van der Waals surface area contributed by atoms with E-state index in [1.807, 2.05) is 0 Å². The molecule has 2 heteroatoms. The van der Waals surface area contributed by atoms with E-state index in [4.69, 9.17) is 0 Å². The zero-order valence-electron chi connectivity index (χ0n) is 23.3. The number of hydrogen-bond acceptors (Lipinski definition) is 0. The number of hydrogen-bond donors (Lipinski definition) is 0. The molecule has 0 aliphatic rings. The maximum absolute atomic E-state index is 2.41.